The molecule has 0 saturated heterocycles. The first kappa shape index (κ1) is 20.3. The molecule has 28 heavy (non-hydrogen) atoms. The molecule has 0 aliphatic rings. The van der Waals surface area contributed by atoms with Gasteiger partial charge in [-0.25, -0.2) is 9.78 Å². The van der Waals surface area contributed by atoms with E-state index < -0.39 is 5.97 Å². The predicted octanol–water partition coefficient (Wildman–Crippen LogP) is 3.77. The Morgan fingerprint density at radius 3 is 2.57 bits per heavy atom. The molecule has 3 rings (SSSR count). The number of rotatable bonds is 6. The number of carbonyl (C=O) groups is 1. The smallest absolute Gasteiger partial charge is 0.348 e. The largest absolute Gasteiger partial charge is 0.493 e. The van der Waals surface area contributed by atoms with Crippen LogP contribution in [0, 0.1) is 6.92 Å². The zero-order valence-electron chi connectivity index (χ0n) is 15.9. The number of ether oxygens (including phenoxy) is 3. The number of hydrogen-bond acceptors (Lipinski definition) is 7. The number of methoxy groups -OCH3 is 2. The second kappa shape index (κ2) is 8.32. The molecule has 3 aromatic rings. The van der Waals surface area contributed by atoms with Crippen molar-refractivity contribution in [3.8, 4) is 11.5 Å². The van der Waals surface area contributed by atoms with Gasteiger partial charge in [-0.2, -0.15) is 0 Å². The Balaban J connectivity index is 2.06. The van der Waals surface area contributed by atoms with Crippen LogP contribution >= 0.6 is 27.3 Å². The van der Waals surface area contributed by atoms with Gasteiger partial charge in [0, 0.05) is 4.47 Å². The number of thiophene rings is 1. The molecule has 0 radical (unpaired) electrons. The summed E-state index contributed by atoms with van der Waals surface area (Å²) in [5.41, 5.74) is 1.21. The number of hydrogen-bond donors (Lipinski definition) is 0. The maximum atomic E-state index is 13.0. The van der Waals surface area contributed by atoms with E-state index in [2.05, 4.69) is 20.9 Å². The number of fused-ring (bicyclic) bond motifs is 1. The SMILES string of the molecule is CCOC(=O)c1sc2ncn(Cc3cc(OC)c(OC)cc3Br)c(=O)c2c1C. The molecule has 0 aliphatic carbocycles. The van der Waals surface area contributed by atoms with Crippen molar-refractivity contribution < 1.29 is 19.0 Å². The van der Waals surface area contributed by atoms with Crippen LogP contribution in [0.25, 0.3) is 10.2 Å². The summed E-state index contributed by atoms with van der Waals surface area (Å²) < 4.78 is 18.0. The topological polar surface area (TPSA) is 79.7 Å². The quantitative estimate of drug-likeness (QED) is 0.514. The first-order valence-electron chi connectivity index (χ1n) is 8.47. The first-order chi connectivity index (χ1) is 13.4. The van der Waals surface area contributed by atoms with E-state index in [-0.39, 0.29) is 18.7 Å². The van der Waals surface area contributed by atoms with E-state index in [1.54, 1.807) is 34.1 Å². The third-order valence-electron chi connectivity index (χ3n) is 4.27. The Hall–Kier alpha value is -2.39. The van der Waals surface area contributed by atoms with E-state index in [1.807, 2.05) is 6.07 Å². The number of aromatic nitrogens is 2. The van der Waals surface area contributed by atoms with E-state index in [0.717, 1.165) is 10.0 Å². The van der Waals surface area contributed by atoms with E-state index in [9.17, 15) is 9.59 Å². The van der Waals surface area contributed by atoms with Gasteiger partial charge in [0.15, 0.2) is 11.5 Å². The molecule has 7 nitrogen and oxygen atoms in total. The average Bonchev–Trinajstić information content (AvgIpc) is 3.02. The fraction of sp³-hybridized carbons (Fsp3) is 0.316. The van der Waals surface area contributed by atoms with Crippen molar-refractivity contribution in [1.29, 1.82) is 0 Å². The Bertz CT molecular complexity index is 1110. The number of aryl methyl sites for hydroxylation is 1. The van der Waals surface area contributed by atoms with Gasteiger partial charge in [-0.15, -0.1) is 11.3 Å². The van der Waals surface area contributed by atoms with E-state index in [1.165, 1.54) is 22.2 Å². The third-order valence-corrected chi connectivity index (χ3v) is 6.19. The number of esters is 1. The van der Waals surface area contributed by atoms with Crippen molar-refractivity contribution in [3.63, 3.8) is 0 Å². The standard InChI is InChI=1S/C19H19BrN2O5S/c1-5-27-19(24)16-10(2)15-17(28-16)21-9-22(18(15)23)8-11-6-13(25-3)14(26-4)7-12(11)20/h6-7,9H,5,8H2,1-4H3. The minimum absolute atomic E-state index is 0.212. The molecule has 2 heterocycles. The van der Waals surface area contributed by atoms with Crippen molar-refractivity contribution in [2.45, 2.75) is 20.4 Å². The van der Waals surface area contributed by atoms with Crippen LogP contribution in [0.15, 0.2) is 27.7 Å². The first-order valence-corrected chi connectivity index (χ1v) is 10.1. The lowest BCUT2D eigenvalue weighted by molar-refractivity contribution is 0.0531. The lowest BCUT2D eigenvalue weighted by Crippen LogP contribution is -2.21. The zero-order valence-corrected chi connectivity index (χ0v) is 18.3. The van der Waals surface area contributed by atoms with Crippen molar-refractivity contribution in [1.82, 2.24) is 9.55 Å². The average molecular weight is 467 g/mol. The summed E-state index contributed by atoms with van der Waals surface area (Å²) in [6, 6.07) is 3.60. The third kappa shape index (κ3) is 3.64. The fourth-order valence-corrected chi connectivity index (χ4v) is 4.34. The minimum Gasteiger partial charge on any atom is -0.493 e. The van der Waals surface area contributed by atoms with Crippen LogP contribution in [0.5, 0.6) is 11.5 Å². The molecule has 148 valence electrons. The maximum absolute atomic E-state index is 13.0. The van der Waals surface area contributed by atoms with Gasteiger partial charge in [0.1, 0.15) is 9.71 Å². The summed E-state index contributed by atoms with van der Waals surface area (Å²) in [5.74, 6) is 0.725. The van der Waals surface area contributed by atoms with Gasteiger partial charge >= 0.3 is 5.97 Å². The highest BCUT2D eigenvalue weighted by atomic mass is 79.9. The monoisotopic (exact) mass is 466 g/mol. The maximum Gasteiger partial charge on any atom is 0.348 e. The van der Waals surface area contributed by atoms with Crippen LogP contribution in [0.2, 0.25) is 0 Å². The summed E-state index contributed by atoms with van der Waals surface area (Å²) in [7, 11) is 3.12. The van der Waals surface area contributed by atoms with Gasteiger partial charge in [-0.1, -0.05) is 15.9 Å². The summed E-state index contributed by atoms with van der Waals surface area (Å²) in [5, 5.41) is 0.437. The van der Waals surface area contributed by atoms with Gasteiger partial charge in [0.25, 0.3) is 5.56 Å². The van der Waals surface area contributed by atoms with Crippen LogP contribution < -0.4 is 15.0 Å². The van der Waals surface area contributed by atoms with Crippen molar-refractivity contribution in [2.75, 3.05) is 20.8 Å². The van der Waals surface area contributed by atoms with Gasteiger partial charge < -0.3 is 14.2 Å². The van der Waals surface area contributed by atoms with Crippen molar-refractivity contribution in [3.05, 3.63) is 49.3 Å². The van der Waals surface area contributed by atoms with Crippen molar-refractivity contribution >= 4 is 43.5 Å². The second-order valence-electron chi connectivity index (χ2n) is 5.93. The molecular weight excluding hydrogens is 448 g/mol. The molecule has 0 N–H and O–H groups in total. The molecule has 0 atom stereocenters. The number of halogens is 1. The summed E-state index contributed by atoms with van der Waals surface area (Å²) >= 11 is 4.68. The normalized spacial score (nSPS) is 10.9. The Morgan fingerprint density at radius 2 is 1.93 bits per heavy atom. The summed E-state index contributed by atoms with van der Waals surface area (Å²) in [4.78, 5) is 30.5. The van der Waals surface area contributed by atoms with Gasteiger partial charge in [0.2, 0.25) is 0 Å². The number of carbonyl (C=O) groups excluding carboxylic acids is 1. The predicted molar refractivity (Wildman–Crippen MR) is 111 cm³/mol. The number of nitrogens with zero attached hydrogens (tertiary/aromatic N) is 2. The van der Waals surface area contributed by atoms with Gasteiger partial charge in [0.05, 0.1) is 39.1 Å². The Labute approximate surface area is 174 Å². The van der Waals surface area contributed by atoms with Crippen molar-refractivity contribution in [2.24, 2.45) is 0 Å². The molecule has 0 saturated carbocycles. The molecular formula is C19H19BrN2O5S. The molecule has 0 bridgehead atoms. The molecule has 2 aromatic heterocycles. The fourth-order valence-electron chi connectivity index (χ4n) is 2.86. The van der Waals surface area contributed by atoms with Crippen LogP contribution in [0.1, 0.15) is 27.7 Å². The second-order valence-corrected chi connectivity index (χ2v) is 7.79. The Morgan fingerprint density at radius 1 is 1.25 bits per heavy atom. The molecule has 0 amide bonds. The van der Waals surface area contributed by atoms with Crippen LogP contribution in [-0.2, 0) is 11.3 Å². The molecule has 0 spiro atoms. The van der Waals surface area contributed by atoms with E-state index in [4.69, 9.17) is 14.2 Å². The highest BCUT2D eigenvalue weighted by Crippen LogP contribution is 2.34. The van der Waals surface area contributed by atoms with Crippen LogP contribution in [-0.4, -0.2) is 36.3 Å². The summed E-state index contributed by atoms with van der Waals surface area (Å²) in [6.07, 6.45) is 1.48. The van der Waals surface area contributed by atoms with Crippen LogP contribution in [0.3, 0.4) is 0 Å². The number of benzene rings is 1. The van der Waals surface area contributed by atoms with E-state index >= 15 is 0 Å². The molecule has 1 aromatic carbocycles. The molecule has 0 unspecified atom stereocenters. The molecule has 9 heteroatoms. The highest BCUT2D eigenvalue weighted by Gasteiger charge is 2.20. The zero-order chi connectivity index (χ0) is 20.4. The molecule has 0 aliphatic heterocycles. The minimum atomic E-state index is -0.434. The Kier molecular flexibility index (Phi) is 6.04. The van der Waals surface area contributed by atoms with Gasteiger partial charge in [-0.3, -0.25) is 9.36 Å². The lowest BCUT2D eigenvalue weighted by Gasteiger charge is -2.13. The van der Waals surface area contributed by atoms with Gasteiger partial charge in [-0.05, 0) is 37.1 Å². The summed E-state index contributed by atoms with van der Waals surface area (Å²) in [6.45, 7) is 4.04. The van der Waals surface area contributed by atoms with E-state index in [0.29, 0.717) is 32.2 Å². The van der Waals surface area contributed by atoms with Crippen LogP contribution in [0.4, 0.5) is 0 Å². The lowest BCUT2D eigenvalue weighted by atomic mass is 10.2. The highest BCUT2D eigenvalue weighted by molar-refractivity contribution is 9.10. The molecule has 0 fully saturated rings.